The molecule has 5 rings (SSSR count). The van der Waals surface area contributed by atoms with Crippen molar-refractivity contribution in [3.8, 4) is 22.5 Å². The lowest BCUT2D eigenvalue weighted by molar-refractivity contribution is -0.140. The molecule has 1 amide bonds. The molecule has 0 bridgehead atoms. The zero-order valence-electron chi connectivity index (χ0n) is 22.7. The first-order chi connectivity index (χ1) is 19.1. The summed E-state index contributed by atoms with van der Waals surface area (Å²) in [4.78, 5) is 24.1. The third kappa shape index (κ3) is 5.36. The van der Waals surface area contributed by atoms with Gasteiger partial charge >= 0.3 is 12.1 Å². The Bertz CT molecular complexity index is 1540. The number of carboxylic acid groups (broad SMARTS) is 1. The number of ether oxygens (including phenoxy) is 1. The highest BCUT2D eigenvalue weighted by molar-refractivity contribution is 9.08. The first kappa shape index (κ1) is 23.2. The van der Waals surface area contributed by atoms with Gasteiger partial charge in [-0.05, 0) is 47.6 Å². The fraction of sp³-hybridized carbons (Fsp3) is 0.233. The number of nitrogens with one attached hydrogen (secondary N) is 1. The van der Waals surface area contributed by atoms with Gasteiger partial charge in [-0.2, -0.15) is 0 Å². The van der Waals surface area contributed by atoms with Crippen LogP contribution in [0.15, 0.2) is 77.3 Å². The number of rotatable bonds is 9. The van der Waals surface area contributed by atoms with E-state index in [0.717, 1.165) is 27.8 Å². The molecule has 0 radical (unpaired) electrons. The van der Waals surface area contributed by atoms with E-state index in [4.69, 9.17) is 12.0 Å². The molecule has 2 N–H and O–H groups in total. The van der Waals surface area contributed by atoms with Crippen LogP contribution in [0.2, 0.25) is 0 Å². The Morgan fingerprint density at radius 3 is 2.32 bits per heavy atom. The molecule has 1 aliphatic carbocycles. The number of halogens is 1. The number of aliphatic carboxylic acids is 1. The maximum absolute atomic E-state index is 12.5. The first-order valence-corrected chi connectivity index (χ1v) is 13.0. The smallest absolute Gasteiger partial charge is 0.411 e. The minimum Gasteiger partial charge on any atom is -0.481 e. The number of hydrogen-bond donors (Lipinski definition) is 2. The lowest BCUT2D eigenvalue weighted by Gasteiger charge is -2.11. The van der Waals surface area contributed by atoms with Gasteiger partial charge in [0.2, 0.25) is 0 Å². The zero-order chi connectivity index (χ0) is 28.5. The summed E-state index contributed by atoms with van der Waals surface area (Å²) in [7, 11) is 0. The molecule has 0 saturated heterocycles. The Morgan fingerprint density at radius 2 is 1.68 bits per heavy atom. The van der Waals surface area contributed by atoms with Crippen LogP contribution in [-0.4, -0.2) is 28.9 Å². The van der Waals surface area contributed by atoms with E-state index in [-0.39, 0.29) is 6.61 Å². The van der Waals surface area contributed by atoms with Gasteiger partial charge in [0.25, 0.3) is 0 Å². The highest BCUT2D eigenvalue weighted by Crippen LogP contribution is 2.48. The van der Waals surface area contributed by atoms with Gasteiger partial charge in [0, 0.05) is 20.0 Å². The standard InChI is InChI=1S/C30H27BrN2O5/c1-19-26(32-29(36)37-16-13-20-3-2-4-21(17-20)18-31)27(38-33-19)24-7-5-22(6-8-24)23-9-11-25(12-10-23)30(14-15-30)28(34)35/h2-12,17H,13-16,18H2,1H3,(H,32,36)(H,34,35)/i18D2. The van der Waals surface area contributed by atoms with Gasteiger partial charge < -0.3 is 14.4 Å². The second-order valence-electron chi connectivity index (χ2n) is 9.32. The van der Waals surface area contributed by atoms with Crippen LogP contribution >= 0.6 is 15.9 Å². The molecule has 1 saturated carbocycles. The van der Waals surface area contributed by atoms with Gasteiger partial charge in [-0.15, -0.1) is 0 Å². The average molecular weight is 577 g/mol. The molecule has 1 aliphatic rings. The zero-order valence-corrected chi connectivity index (χ0v) is 22.2. The van der Waals surface area contributed by atoms with Gasteiger partial charge in [0.1, 0.15) is 11.4 Å². The largest absolute Gasteiger partial charge is 0.481 e. The highest BCUT2D eigenvalue weighted by atomic mass is 79.9. The van der Waals surface area contributed by atoms with Crippen LogP contribution in [0.3, 0.4) is 0 Å². The lowest BCUT2D eigenvalue weighted by atomic mass is 9.93. The number of amides is 1. The molecule has 38 heavy (non-hydrogen) atoms. The Morgan fingerprint density at radius 1 is 1.05 bits per heavy atom. The monoisotopic (exact) mass is 576 g/mol. The molecule has 0 unspecified atom stereocenters. The van der Waals surface area contributed by atoms with Crippen LogP contribution in [0.4, 0.5) is 10.5 Å². The number of carbonyl (C=O) groups excluding carboxylic acids is 1. The third-order valence-corrected chi connectivity index (χ3v) is 7.28. The molecule has 1 heterocycles. The second kappa shape index (κ2) is 10.8. The number of hydrogen-bond acceptors (Lipinski definition) is 5. The number of carboxylic acids is 1. The predicted molar refractivity (Wildman–Crippen MR) is 148 cm³/mol. The number of aryl methyl sites for hydroxylation is 1. The van der Waals surface area contributed by atoms with Crippen LogP contribution in [0.1, 0.15) is 38.0 Å². The summed E-state index contributed by atoms with van der Waals surface area (Å²) in [6.07, 6.45) is 1.12. The number of carbonyl (C=O) groups is 2. The van der Waals surface area contributed by atoms with Crippen LogP contribution in [0.25, 0.3) is 22.5 Å². The number of nitrogens with zero attached hydrogens (tertiary/aromatic N) is 1. The van der Waals surface area contributed by atoms with E-state index in [0.29, 0.717) is 42.0 Å². The van der Waals surface area contributed by atoms with Crippen molar-refractivity contribution in [3.63, 3.8) is 0 Å². The quantitative estimate of drug-likeness (QED) is 0.206. The van der Waals surface area contributed by atoms with E-state index >= 15 is 0 Å². The molecule has 0 aliphatic heterocycles. The molecule has 7 nitrogen and oxygen atoms in total. The maximum Gasteiger partial charge on any atom is 0.411 e. The van der Waals surface area contributed by atoms with E-state index in [2.05, 4.69) is 26.4 Å². The fourth-order valence-corrected chi connectivity index (χ4v) is 4.69. The Kier molecular flexibility index (Phi) is 6.62. The summed E-state index contributed by atoms with van der Waals surface area (Å²) >= 11 is 3.01. The third-order valence-electron chi connectivity index (χ3n) is 6.83. The van der Waals surface area contributed by atoms with Crippen molar-refractivity contribution in [2.45, 2.75) is 36.9 Å². The summed E-state index contributed by atoms with van der Waals surface area (Å²) in [6, 6.07) is 22.3. The summed E-state index contributed by atoms with van der Waals surface area (Å²) in [5.74, 6) is -0.369. The summed E-state index contributed by atoms with van der Waals surface area (Å²) in [6.45, 7) is 1.84. The van der Waals surface area contributed by atoms with Crippen molar-refractivity contribution in [3.05, 3.63) is 95.2 Å². The molecule has 3 aromatic carbocycles. The van der Waals surface area contributed by atoms with E-state index in [1.54, 1.807) is 25.1 Å². The molecule has 0 spiro atoms. The van der Waals surface area contributed by atoms with Crippen LogP contribution in [0, 0.1) is 6.92 Å². The molecule has 4 aromatic rings. The molecule has 1 fully saturated rings. The number of anilines is 1. The molecular formula is C30H27BrN2O5. The number of benzene rings is 3. The van der Waals surface area contributed by atoms with Gasteiger partial charge in [0.05, 0.1) is 12.0 Å². The van der Waals surface area contributed by atoms with Crippen LogP contribution in [0.5, 0.6) is 0 Å². The normalized spacial score (nSPS) is 14.8. The molecule has 0 atom stereocenters. The summed E-state index contributed by atoms with van der Waals surface area (Å²) in [5.41, 5.74) is 5.00. The molecule has 1 aromatic heterocycles. The van der Waals surface area contributed by atoms with Crippen molar-refractivity contribution >= 4 is 33.7 Å². The summed E-state index contributed by atoms with van der Waals surface area (Å²) in [5, 5.41) is 14.6. The predicted octanol–water partition coefficient (Wildman–Crippen LogP) is 7.12. The van der Waals surface area contributed by atoms with E-state index in [1.807, 2.05) is 54.6 Å². The topological polar surface area (TPSA) is 102 Å². The van der Waals surface area contributed by atoms with Crippen molar-refractivity contribution in [1.82, 2.24) is 5.16 Å². The molecular weight excluding hydrogens is 548 g/mol. The number of alkyl halides is 1. The Hall–Kier alpha value is -3.91. The molecule has 194 valence electrons. The van der Waals surface area contributed by atoms with E-state index < -0.39 is 22.8 Å². The lowest BCUT2D eigenvalue weighted by Crippen LogP contribution is -2.19. The Labute approximate surface area is 231 Å². The summed E-state index contributed by atoms with van der Waals surface area (Å²) < 4.78 is 26.5. The van der Waals surface area contributed by atoms with Crippen molar-refractivity contribution in [2.75, 3.05) is 11.9 Å². The van der Waals surface area contributed by atoms with Gasteiger partial charge in [0.15, 0.2) is 5.76 Å². The first-order valence-electron chi connectivity index (χ1n) is 13.2. The maximum atomic E-state index is 12.5. The highest BCUT2D eigenvalue weighted by Gasteiger charge is 2.51. The SMILES string of the molecule is [2H]C([2H])(Br)c1cccc(CCOC(=O)Nc2c(C)noc2-c2ccc(-c3ccc(C4(C(=O)O)CC4)cc3)cc2)c1. The van der Waals surface area contributed by atoms with Crippen LogP contribution in [-0.2, 0) is 26.6 Å². The van der Waals surface area contributed by atoms with Gasteiger partial charge in [-0.25, -0.2) is 4.79 Å². The fourth-order valence-electron chi connectivity index (χ4n) is 4.45. The van der Waals surface area contributed by atoms with Crippen molar-refractivity contribution in [2.24, 2.45) is 0 Å². The van der Waals surface area contributed by atoms with E-state index in [9.17, 15) is 14.7 Å². The van der Waals surface area contributed by atoms with Crippen molar-refractivity contribution in [1.29, 1.82) is 0 Å². The average Bonchev–Trinajstić information content (AvgIpc) is 3.68. The van der Waals surface area contributed by atoms with Gasteiger partial charge in [-0.3, -0.25) is 10.1 Å². The molecule has 8 heteroatoms. The van der Waals surface area contributed by atoms with Gasteiger partial charge in [-0.1, -0.05) is 93.9 Å². The minimum atomic E-state index is -1.63. The minimum absolute atomic E-state index is 0.112. The second-order valence-corrected chi connectivity index (χ2v) is 9.72. The van der Waals surface area contributed by atoms with E-state index in [1.165, 1.54) is 0 Å². The van der Waals surface area contributed by atoms with Crippen molar-refractivity contribution < 1.29 is 26.7 Å². The number of aromatic nitrogens is 1. The Balaban J connectivity index is 1.22. The van der Waals surface area contributed by atoms with Crippen LogP contribution < -0.4 is 5.32 Å².